The Labute approximate surface area is 184 Å². The van der Waals surface area contributed by atoms with Gasteiger partial charge in [0.1, 0.15) is 12.4 Å². The molecule has 1 unspecified atom stereocenters. The first-order valence-electron chi connectivity index (χ1n) is 10.8. The summed E-state index contributed by atoms with van der Waals surface area (Å²) in [5.41, 5.74) is 4.23. The lowest BCUT2D eigenvalue weighted by atomic mass is 9.98. The van der Waals surface area contributed by atoms with Crippen LogP contribution in [0.4, 0.5) is 0 Å². The van der Waals surface area contributed by atoms with Crippen molar-refractivity contribution in [1.82, 2.24) is 9.88 Å². The predicted octanol–water partition coefficient (Wildman–Crippen LogP) is 6.57. The molecule has 2 aromatic carbocycles. The molecule has 3 nitrogen and oxygen atoms in total. The number of hydrogen-bond acceptors (Lipinski definition) is 3. The third-order valence-electron chi connectivity index (χ3n) is 6.02. The van der Waals surface area contributed by atoms with Gasteiger partial charge in [-0.25, -0.2) is 0 Å². The molecule has 1 atom stereocenters. The second-order valence-electron chi connectivity index (χ2n) is 8.34. The number of halogens is 1. The van der Waals surface area contributed by atoms with Crippen molar-refractivity contribution in [3.8, 4) is 28.1 Å². The molecule has 0 N–H and O–H groups in total. The lowest BCUT2D eigenvalue weighted by Gasteiger charge is -2.34. The van der Waals surface area contributed by atoms with Crippen molar-refractivity contribution in [3.05, 3.63) is 71.9 Å². The van der Waals surface area contributed by atoms with Crippen LogP contribution in [-0.4, -0.2) is 35.6 Å². The zero-order chi connectivity index (χ0) is 20.9. The van der Waals surface area contributed by atoms with E-state index in [0.717, 1.165) is 45.7 Å². The minimum absolute atomic E-state index is 0.444. The van der Waals surface area contributed by atoms with E-state index < -0.39 is 0 Å². The number of ether oxygens (including phenoxy) is 1. The molecule has 1 aromatic heterocycles. The first-order chi connectivity index (χ1) is 14.6. The fraction of sp³-hybridized carbons (Fsp3) is 0.346. The lowest BCUT2D eigenvalue weighted by molar-refractivity contribution is 0.108. The summed E-state index contributed by atoms with van der Waals surface area (Å²) in [6.45, 7) is 7.70. The van der Waals surface area contributed by atoms with Crippen LogP contribution in [0.2, 0.25) is 5.02 Å². The van der Waals surface area contributed by atoms with Gasteiger partial charge in [-0.2, -0.15) is 0 Å². The Morgan fingerprint density at radius 2 is 1.57 bits per heavy atom. The Morgan fingerprint density at radius 1 is 0.933 bits per heavy atom. The zero-order valence-corrected chi connectivity index (χ0v) is 18.5. The summed E-state index contributed by atoms with van der Waals surface area (Å²) in [7, 11) is 0. The molecular weight excluding hydrogens is 392 g/mol. The monoisotopic (exact) mass is 420 g/mol. The van der Waals surface area contributed by atoms with E-state index in [0.29, 0.717) is 6.04 Å². The van der Waals surface area contributed by atoms with Crippen molar-refractivity contribution in [1.29, 1.82) is 0 Å². The number of benzene rings is 2. The maximum absolute atomic E-state index is 6.05. The highest BCUT2D eigenvalue weighted by Crippen LogP contribution is 2.25. The Hall–Kier alpha value is -2.36. The second kappa shape index (κ2) is 9.63. The van der Waals surface area contributed by atoms with Gasteiger partial charge < -0.3 is 4.74 Å². The van der Waals surface area contributed by atoms with Crippen molar-refractivity contribution in [2.75, 3.05) is 19.7 Å². The Bertz CT molecular complexity index is 930. The highest BCUT2D eigenvalue weighted by molar-refractivity contribution is 6.30. The van der Waals surface area contributed by atoms with Crippen molar-refractivity contribution < 1.29 is 4.74 Å². The first kappa shape index (κ1) is 20.9. The van der Waals surface area contributed by atoms with Gasteiger partial charge in [-0.3, -0.25) is 9.88 Å². The van der Waals surface area contributed by atoms with Crippen LogP contribution in [0, 0.1) is 5.92 Å². The molecule has 1 saturated heterocycles. The third kappa shape index (κ3) is 5.21. The van der Waals surface area contributed by atoms with Crippen LogP contribution in [-0.2, 0) is 0 Å². The summed E-state index contributed by atoms with van der Waals surface area (Å²) < 4.78 is 6.05. The van der Waals surface area contributed by atoms with Crippen LogP contribution >= 0.6 is 11.6 Å². The van der Waals surface area contributed by atoms with Gasteiger partial charge in [0, 0.05) is 28.4 Å². The van der Waals surface area contributed by atoms with Gasteiger partial charge >= 0.3 is 0 Å². The van der Waals surface area contributed by atoms with E-state index in [-0.39, 0.29) is 0 Å². The van der Waals surface area contributed by atoms with E-state index in [4.69, 9.17) is 16.3 Å². The number of hydrogen-bond donors (Lipinski definition) is 0. The number of rotatable bonds is 6. The number of pyridine rings is 1. The van der Waals surface area contributed by atoms with E-state index >= 15 is 0 Å². The maximum Gasteiger partial charge on any atom is 0.119 e. The average molecular weight is 421 g/mol. The average Bonchev–Trinajstić information content (AvgIpc) is 2.79. The highest BCUT2D eigenvalue weighted by atomic mass is 35.5. The molecule has 0 spiro atoms. The van der Waals surface area contributed by atoms with Gasteiger partial charge in [-0.15, -0.1) is 0 Å². The van der Waals surface area contributed by atoms with E-state index in [1.165, 1.54) is 25.9 Å². The molecule has 1 aliphatic heterocycles. The lowest BCUT2D eigenvalue weighted by Crippen LogP contribution is -2.42. The normalized spacial score (nSPS) is 16.4. The van der Waals surface area contributed by atoms with E-state index in [1.807, 2.05) is 42.6 Å². The first-order valence-corrected chi connectivity index (χ1v) is 11.2. The van der Waals surface area contributed by atoms with Gasteiger partial charge in [-0.1, -0.05) is 36.7 Å². The molecular formula is C26H29ClN2O. The summed E-state index contributed by atoms with van der Waals surface area (Å²) in [5, 5.41) is 0.741. The second-order valence-corrected chi connectivity index (χ2v) is 8.78. The van der Waals surface area contributed by atoms with E-state index in [9.17, 15) is 0 Å². The summed E-state index contributed by atoms with van der Waals surface area (Å²) in [6, 6.07) is 20.6. The molecule has 30 heavy (non-hydrogen) atoms. The van der Waals surface area contributed by atoms with Crippen molar-refractivity contribution >= 4 is 11.6 Å². The molecule has 0 aliphatic carbocycles. The molecule has 1 fully saturated rings. The van der Waals surface area contributed by atoms with Crippen LogP contribution in [0.15, 0.2) is 66.9 Å². The number of nitrogens with zero attached hydrogens (tertiary/aromatic N) is 2. The summed E-state index contributed by atoms with van der Waals surface area (Å²) >= 11 is 5.97. The molecule has 0 saturated carbocycles. The smallest absolute Gasteiger partial charge is 0.119 e. The molecule has 3 aromatic rings. The van der Waals surface area contributed by atoms with E-state index in [2.05, 4.69) is 48.0 Å². The van der Waals surface area contributed by atoms with Crippen LogP contribution in [0.1, 0.15) is 26.7 Å². The molecule has 4 rings (SSSR count). The van der Waals surface area contributed by atoms with Gasteiger partial charge in [-0.05, 0) is 86.8 Å². The number of likely N-dealkylation sites (tertiary alicyclic amines) is 1. The standard InChI is InChI=1S/C26H29ClN2O/c1-19-13-15-29(16-14-19)20(2)18-30-25-10-5-22(6-11-25)26-12-7-23(17-28-26)21-3-8-24(27)9-4-21/h3-12,17,19-20H,13-16,18H2,1-2H3. The molecule has 0 bridgehead atoms. The summed E-state index contributed by atoms with van der Waals surface area (Å²) in [4.78, 5) is 7.18. The quantitative estimate of drug-likeness (QED) is 0.451. The molecule has 4 heteroatoms. The van der Waals surface area contributed by atoms with Crippen LogP contribution < -0.4 is 4.74 Å². The topological polar surface area (TPSA) is 25.4 Å². The minimum atomic E-state index is 0.444. The summed E-state index contributed by atoms with van der Waals surface area (Å²) in [6.07, 6.45) is 4.50. The fourth-order valence-electron chi connectivity index (χ4n) is 3.89. The Kier molecular flexibility index (Phi) is 6.71. The SMILES string of the molecule is CC1CCN(C(C)COc2ccc(-c3ccc(-c4ccc(Cl)cc4)cn3)cc2)CC1. The van der Waals surface area contributed by atoms with Crippen molar-refractivity contribution in [2.24, 2.45) is 5.92 Å². The fourth-order valence-corrected chi connectivity index (χ4v) is 4.02. The highest BCUT2D eigenvalue weighted by Gasteiger charge is 2.20. The van der Waals surface area contributed by atoms with Crippen molar-refractivity contribution in [3.63, 3.8) is 0 Å². The van der Waals surface area contributed by atoms with Crippen molar-refractivity contribution in [2.45, 2.75) is 32.7 Å². The van der Waals surface area contributed by atoms with Gasteiger partial charge in [0.25, 0.3) is 0 Å². The van der Waals surface area contributed by atoms with Gasteiger partial charge in [0.15, 0.2) is 0 Å². The summed E-state index contributed by atoms with van der Waals surface area (Å²) in [5.74, 6) is 1.77. The van der Waals surface area contributed by atoms with Gasteiger partial charge in [0.05, 0.1) is 5.69 Å². The Morgan fingerprint density at radius 3 is 2.20 bits per heavy atom. The number of aromatic nitrogens is 1. The maximum atomic E-state index is 6.05. The molecule has 0 radical (unpaired) electrons. The predicted molar refractivity (Wildman–Crippen MR) is 125 cm³/mol. The molecule has 2 heterocycles. The third-order valence-corrected chi connectivity index (χ3v) is 6.28. The molecule has 0 amide bonds. The van der Waals surface area contributed by atoms with E-state index in [1.54, 1.807) is 0 Å². The number of piperidine rings is 1. The van der Waals surface area contributed by atoms with Crippen LogP contribution in [0.3, 0.4) is 0 Å². The molecule has 156 valence electrons. The van der Waals surface area contributed by atoms with Crippen LogP contribution in [0.5, 0.6) is 5.75 Å². The minimum Gasteiger partial charge on any atom is -0.492 e. The Balaban J connectivity index is 1.34. The molecule has 1 aliphatic rings. The zero-order valence-electron chi connectivity index (χ0n) is 17.7. The largest absolute Gasteiger partial charge is 0.492 e. The van der Waals surface area contributed by atoms with Crippen LogP contribution in [0.25, 0.3) is 22.4 Å². The van der Waals surface area contributed by atoms with Gasteiger partial charge in [0.2, 0.25) is 0 Å².